The molecule has 3 nitrogen and oxygen atoms in total. The zero-order valence-corrected chi connectivity index (χ0v) is 7.38. The number of carbonyl (C=O) groups is 1. The third kappa shape index (κ3) is 1.90. The predicted octanol–water partition coefficient (Wildman–Crippen LogP) is 1.67. The Morgan fingerprint density at radius 3 is 2.58 bits per heavy atom. The summed E-state index contributed by atoms with van der Waals surface area (Å²) in [6.45, 7) is 2.18. The van der Waals surface area contributed by atoms with E-state index < -0.39 is 0 Å². The highest BCUT2D eigenvalue weighted by molar-refractivity contribution is 5.68. The summed E-state index contributed by atoms with van der Waals surface area (Å²) in [7, 11) is 0. The first-order valence-electron chi connectivity index (χ1n) is 4.71. The van der Waals surface area contributed by atoms with Crippen LogP contribution in [0.15, 0.2) is 0 Å². The molecular weight excluding hydrogens is 154 g/mol. The van der Waals surface area contributed by atoms with Gasteiger partial charge in [0.25, 0.3) is 0 Å². The first kappa shape index (κ1) is 7.90. The van der Waals surface area contributed by atoms with Gasteiger partial charge in [0.1, 0.15) is 6.10 Å². The number of alkyl carbamates (subject to hydrolysis) is 1. The van der Waals surface area contributed by atoms with Gasteiger partial charge in [-0.1, -0.05) is 6.92 Å². The topological polar surface area (TPSA) is 38.3 Å². The van der Waals surface area contributed by atoms with Gasteiger partial charge in [-0.15, -0.1) is 0 Å². The fourth-order valence-corrected chi connectivity index (χ4v) is 1.50. The van der Waals surface area contributed by atoms with E-state index in [9.17, 15) is 4.79 Å². The maximum absolute atomic E-state index is 11.1. The molecule has 2 saturated carbocycles. The summed E-state index contributed by atoms with van der Waals surface area (Å²) >= 11 is 0. The van der Waals surface area contributed by atoms with Gasteiger partial charge in [-0.25, -0.2) is 4.79 Å². The van der Waals surface area contributed by atoms with Crippen LogP contribution in [0.2, 0.25) is 0 Å². The van der Waals surface area contributed by atoms with Crippen molar-refractivity contribution >= 4 is 6.09 Å². The maximum Gasteiger partial charge on any atom is 0.407 e. The van der Waals surface area contributed by atoms with Gasteiger partial charge < -0.3 is 10.1 Å². The van der Waals surface area contributed by atoms with E-state index in [0.717, 1.165) is 31.6 Å². The van der Waals surface area contributed by atoms with E-state index in [-0.39, 0.29) is 12.2 Å². The predicted molar refractivity (Wildman–Crippen MR) is 44.8 cm³/mol. The van der Waals surface area contributed by atoms with Gasteiger partial charge in [0.05, 0.1) is 0 Å². The number of rotatable bonds is 2. The monoisotopic (exact) mass is 169 g/mol. The average molecular weight is 169 g/mol. The highest BCUT2D eigenvalue weighted by atomic mass is 16.6. The second kappa shape index (κ2) is 2.96. The maximum atomic E-state index is 11.1. The second-order valence-electron chi connectivity index (χ2n) is 4.02. The van der Waals surface area contributed by atoms with Crippen LogP contribution in [-0.4, -0.2) is 18.2 Å². The molecule has 3 heteroatoms. The molecular formula is C9H15NO2. The van der Waals surface area contributed by atoms with Crippen molar-refractivity contribution in [2.75, 3.05) is 0 Å². The van der Waals surface area contributed by atoms with Gasteiger partial charge in [-0.05, 0) is 31.6 Å². The number of hydrogen-bond donors (Lipinski definition) is 1. The summed E-state index contributed by atoms with van der Waals surface area (Å²) in [4.78, 5) is 11.1. The van der Waals surface area contributed by atoms with E-state index in [0.29, 0.717) is 6.04 Å². The fraction of sp³-hybridized carbons (Fsp3) is 0.889. The number of nitrogens with one attached hydrogen (secondary N) is 1. The molecule has 0 spiro atoms. The molecule has 2 rings (SSSR count). The third-order valence-electron chi connectivity index (χ3n) is 2.50. The highest BCUT2D eigenvalue weighted by Crippen LogP contribution is 2.29. The van der Waals surface area contributed by atoms with Crippen LogP contribution in [0.3, 0.4) is 0 Å². The Hall–Kier alpha value is -0.730. The van der Waals surface area contributed by atoms with Gasteiger partial charge >= 0.3 is 6.09 Å². The van der Waals surface area contributed by atoms with Crippen molar-refractivity contribution in [3.8, 4) is 0 Å². The largest absolute Gasteiger partial charge is 0.446 e. The summed E-state index contributed by atoms with van der Waals surface area (Å²) in [5.74, 6) is 0.740. The lowest BCUT2D eigenvalue weighted by atomic mass is 9.84. The molecule has 2 fully saturated rings. The summed E-state index contributed by atoms with van der Waals surface area (Å²) < 4.78 is 5.16. The third-order valence-corrected chi connectivity index (χ3v) is 2.50. The van der Waals surface area contributed by atoms with Crippen molar-refractivity contribution in [2.24, 2.45) is 5.92 Å². The van der Waals surface area contributed by atoms with Crippen LogP contribution in [0.5, 0.6) is 0 Å². The smallest absolute Gasteiger partial charge is 0.407 e. The molecule has 2 aliphatic carbocycles. The summed E-state index contributed by atoms with van der Waals surface area (Å²) in [6.07, 6.45) is 4.30. The molecule has 0 radical (unpaired) electrons. The molecule has 0 bridgehead atoms. The molecule has 12 heavy (non-hydrogen) atoms. The standard InChI is InChI=1S/C9H15NO2/c1-6-4-8(5-6)12-9(11)10-7-2-3-7/h6-8H,2-5H2,1H3,(H,10,11)/t6-,8+. The van der Waals surface area contributed by atoms with E-state index >= 15 is 0 Å². The van der Waals surface area contributed by atoms with Crippen molar-refractivity contribution in [3.63, 3.8) is 0 Å². The zero-order valence-electron chi connectivity index (χ0n) is 7.38. The first-order valence-corrected chi connectivity index (χ1v) is 4.71. The van der Waals surface area contributed by atoms with Crippen LogP contribution in [0.4, 0.5) is 4.79 Å². The van der Waals surface area contributed by atoms with Gasteiger partial charge in [-0.2, -0.15) is 0 Å². The van der Waals surface area contributed by atoms with Crippen molar-refractivity contribution in [2.45, 2.75) is 44.8 Å². The van der Waals surface area contributed by atoms with E-state index in [1.54, 1.807) is 0 Å². The lowest BCUT2D eigenvalue weighted by molar-refractivity contribution is 0.0231. The second-order valence-corrected chi connectivity index (χ2v) is 4.02. The first-order chi connectivity index (χ1) is 5.74. The lowest BCUT2D eigenvalue weighted by Crippen LogP contribution is -2.36. The molecule has 1 amide bonds. The highest BCUT2D eigenvalue weighted by Gasteiger charge is 2.30. The van der Waals surface area contributed by atoms with E-state index in [1.807, 2.05) is 0 Å². The Labute approximate surface area is 72.5 Å². The Kier molecular flexibility index (Phi) is 1.95. The number of hydrogen-bond acceptors (Lipinski definition) is 2. The van der Waals surface area contributed by atoms with Crippen molar-refractivity contribution in [3.05, 3.63) is 0 Å². The molecule has 1 N–H and O–H groups in total. The molecule has 2 aliphatic rings. The fourth-order valence-electron chi connectivity index (χ4n) is 1.50. The number of amides is 1. The van der Waals surface area contributed by atoms with Gasteiger partial charge in [0.15, 0.2) is 0 Å². The molecule has 0 aromatic carbocycles. The molecule has 0 aromatic rings. The van der Waals surface area contributed by atoms with Gasteiger partial charge in [0.2, 0.25) is 0 Å². The number of carbonyl (C=O) groups excluding carboxylic acids is 1. The quantitative estimate of drug-likeness (QED) is 0.683. The molecule has 0 atom stereocenters. The lowest BCUT2D eigenvalue weighted by Gasteiger charge is -2.31. The van der Waals surface area contributed by atoms with Crippen molar-refractivity contribution < 1.29 is 9.53 Å². The average Bonchev–Trinajstić information content (AvgIpc) is 2.68. The minimum absolute atomic E-state index is 0.193. The summed E-state index contributed by atoms with van der Waals surface area (Å²) in [5.41, 5.74) is 0. The van der Waals surface area contributed by atoms with Crippen LogP contribution < -0.4 is 5.32 Å². The van der Waals surface area contributed by atoms with E-state index in [2.05, 4.69) is 12.2 Å². The van der Waals surface area contributed by atoms with Crippen LogP contribution in [0.25, 0.3) is 0 Å². The minimum atomic E-state index is -0.214. The van der Waals surface area contributed by atoms with Crippen LogP contribution in [0.1, 0.15) is 32.6 Å². The molecule has 0 heterocycles. The molecule has 0 unspecified atom stereocenters. The summed E-state index contributed by atoms with van der Waals surface area (Å²) in [6, 6.07) is 0.412. The number of ether oxygens (including phenoxy) is 1. The van der Waals surface area contributed by atoms with Crippen LogP contribution in [0, 0.1) is 5.92 Å². The van der Waals surface area contributed by atoms with Crippen molar-refractivity contribution in [1.29, 1.82) is 0 Å². The van der Waals surface area contributed by atoms with Gasteiger partial charge in [0, 0.05) is 6.04 Å². The Morgan fingerprint density at radius 1 is 1.42 bits per heavy atom. The summed E-state index contributed by atoms with van der Waals surface area (Å²) in [5, 5.41) is 2.81. The Bertz CT molecular complexity index is 183. The van der Waals surface area contributed by atoms with E-state index in [4.69, 9.17) is 4.74 Å². The van der Waals surface area contributed by atoms with Crippen LogP contribution >= 0.6 is 0 Å². The molecule has 0 aliphatic heterocycles. The zero-order chi connectivity index (χ0) is 8.55. The van der Waals surface area contributed by atoms with Crippen molar-refractivity contribution in [1.82, 2.24) is 5.32 Å². The normalized spacial score (nSPS) is 33.8. The van der Waals surface area contributed by atoms with E-state index in [1.165, 1.54) is 0 Å². The molecule has 0 saturated heterocycles. The molecule has 0 aromatic heterocycles. The van der Waals surface area contributed by atoms with Gasteiger partial charge in [-0.3, -0.25) is 0 Å². The Morgan fingerprint density at radius 2 is 2.08 bits per heavy atom. The Balaban J connectivity index is 1.62. The molecule has 68 valence electrons. The minimum Gasteiger partial charge on any atom is -0.446 e. The SMILES string of the molecule is C[C@H]1C[C@@H](OC(=O)NC2CC2)C1. The van der Waals surface area contributed by atoms with Crippen LogP contribution in [-0.2, 0) is 4.74 Å².